The normalized spacial score (nSPS) is 16.8. The first kappa shape index (κ1) is 19.4. The monoisotopic (exact) mass is 346 g/mol. The summed E-state index contributed by atoms with van der Waals surface area (Å²) in [5.41, 5.74) is 1.13. The third-order valence-electron chi connectivity index (χ3n) is 4.06. The van der Waals surface area contributed by atoms with Crippen LogP contribution in [0.4, 0.5) is 4.39 Å². The van der Waals surface area contributed by atoms with Crippen molar-refractivity contribution >= 4 is 24.0 Å². The summed E-state index contributed by atoms with van der Waals surface area (Å²) >= 11 is 5.96. The molecule has 1 fully saturated rings. The molecular formula is C17H25Cl2FN2. The molecule has 1 aromatic rings. The minimum atomic E-state index is -0.342. The van der Waals surface area contributed by atoms with Gasteiger partial charge in [0.05, 0.1) is 5.02 Å². The van der Waals surface area contributed by atoms with Gasteiger partial charge in [-0.2, -0.15) is 0 Å². The zero-order chi connectivity index (χ0) is 15.1. The molecule has 0 bridgehead atoms. The van der Waals surface area contributed by atoms with Gasteiger partial charge < -0.3 is 5.32 Å². The summed E-state index contributed by atoms with van der Waals surface area (Å²) < 4.78 is 13.4. The Labute approximate surface area is 144 Å². The van der Waals surface area contributed by atoms with Crippen LogP contribution in [-0.2, 0) is 0 Å². The van der Waals surface area contributed by atoms with Crippen LogP contribution < -0.4 is 5.32 Å². The van der Waals surface area contributed by atoms with Crippen molar-refractivity contribution in [3.05, 3.63) is 47.3 Å². The molecule has 1 heterocycles. The molecule has 2 nitrogen and oxygen atoms in total. The Morgan fingerprint density at radius 3 is 2.68 bits per heavy atom. The van der Waals surface area contributed by atoms with Crippen LogP contribution in [0.2, 0.25) is 5.02 Å². The van der Waals surface area contributed by atoms with E-state index in [0.29, 0.717) is 6.04 Å². The average Bonchev–Trinajstić information content (AvgIpc) is 2.51. The minimum Gasteiger partial charge on any atom is -0.314 e. The third-order valence-corrected chi connectivity index (χ3v) is 4.35. The van der Waals surface area contributed by atoms with Crippen LogP contribution in [0.3, 0.4) is 0 Å². The minimum absolute atomic E-state index is 0. The van der Waals surface area contributed by atoms with Crippen LogP contribution in [-0.4, -0.2) is 31.1 Å². The molecule has 22 heavy (non-hydrogen) atoms. The third kappa shape index (κ3) is 5.54. The largest absolute Gasteiger partial charge is 0.314 e. The van der Waals surface area contributed by atoms with Gasteiger partial charge in [-0.25, -0.2) is 4.39 Å². The highest BCUT2D eigenvalue weighted by Gasteiger charge is 2.22. The molecule has 1 N–H and O–H groups in total. The summed E-state index contributed by atoms with van der Waals surface area (Å²) in [6.07, 6.45) is 6.40. The number of halogens is 3. The van der Waals surface area contributed by atoms with E-state index in [9.17, 15) is 4.39 Å². The predicted molar refractivity (Wildman–Crippen MR) is 94.5 cm³/mol. The summed E-state index contributed by atoms with van der Waals surface area (Å²) in [5, 5.41) is 3.60. The lowest BCUT2D eigenvalue weighted by atomic mass is 9.98. The summed E-state index contributed by atoms with van der Waals surface area (Å²) in [5.74, 6) is -0.342. The molecule has 1 aliphatic heterocycles. The number of nitrogens with zero attached hydrogens (tertiary/aromatic N) is 1. The fraction of sp³-hybridized carbons (Fsp3) is 0.529. The fourth-order valence-corrected chi connectivity index (χ4v) is 3.09. The zero-order valence-corrected chi connectivity index (χ0v) is 14.4. The van der Waals surface area contributed by atoms with Gasteiger partial charge in [0.2, 0.25) is 0 Å². The van der Waals surface area contributed by atoms with Gasteiger partial charge in [-0.3, -0.25) is 4.90 Å². The second kappa shape index (κ2) is 10.2. The van der Waals surface area contributed by atoms with Crippen LogP contribution in [0.15, 0.2) is 30.9 Å². The lowest BCUT2D eigenvalue weighted by Crippen LogP contribution is -2.45. The van der Waals surface area contributed by atoms with Crippen molar-refractivity contribution in [3.63, 3.8) is 0 Å². The number of hydrogen-bond acceptors (Lipinski definition) is 2. The van der Waals surface area contributed by atoms with Crippen molar-refractivity contribution in [1.29, 1.82) is 0 Å². The van der Waals surface area contributed by atoms with Crippen LogP contribution >= 0.6 is 24.0 Å². The van der Waals surface area contributed by atoms with E-state index in [4.69, 9.17) is 11.6 Å². The van der Waals surface area contributed by atoms with Crippen LogP contribution in [0.5, 0.6) is 0 Å². The molecule has 0 spiro atoms. The van der Waals surface area contributed by atoms with E-state index in [2.05, 4.69) is 16.8 Å². The van der Waals surface area contributed by atoms with Crippen LogP contribution in [0.1, 0.15) is 37.3 Å². The highest BCUT2D eigenvalue weighted by Crippen LogP contribution is 2.29. The van der Waals surface area contributed by atoms with Gasteiger partial charge in [0.1, 0.15) is 5.82 Å². The van der Waals surface area contributed by atoms with Crippen molar-refractivity contribution in [2.24, 2.45) is 0 Å². The smallest absolute Gasteiger partial charge is 0.141 e. The van der Waals surface area contributed by atoms with E-state index in [1.807, 2.05) is 12.1 Å². The number of unbranched alkanes of at least 4 members (excludes halogenated alkanes) is 2. The predicted octanol–water partition coefficient (Wildman–Crippen LogP) is 4.59. The van der Waals surface area contributed by atoms with Gasteiger partial charge in [0, 0.05) is 32.2 Å². The Balaban J connectivity index is 0.00000242. The highest BCUT2D eigenvalue weighted by molar-refractivity contribution is 6.30. The standard InChI is InChI=1S/C17H24ClFN2.ClH/c1-2-3-4-5-6-17(21-11-9-20-10-12-21)14-7-8-16(19)15(18)13-14;/h2,7-8,13,17,20H,1,3-6,9-12H2;1H/t17-;/m1./s1. The van der Waals surface area contributed by atoms with Gasteiger partial charge in [-0.15, -0.1) is 19.0 Å². The van der Waals surface area contributed by atoms with Crippen molar-refractivity contribution < 1.29 is 4.39 Å². The van der Waals surface area contributed by atoms with Gasteiger partial charge >= 0.3 is 0 Å². The molecule has 2 rings (SSSR count). The van der Waals surface area contributed by atoms with E-state index in [1.54, 1.807) is 6.07 Å². The molecule has 1 aliphatic rings. The van der Waals surface area contributed by atoms with Crippen LogP contribution in [0, 0.1) is 5.82 Å². The molecule has 0 saturated carbocycles. The molecule has 0 radical (unpaired) electrons. The Kier molecular flexibility index (Phi) is 9.03. The second-order valence-electron chi connectivity index (χ2n) is 5.55. The molecule has 5 heteroatoms. The first-order valence-electron chi connectivity index (χ1n) is 7.73. The highest BCUT2D eigenvalue weighted by atomic mass is 35.5. The number of nitrogens with one attached hydrogen (secondary N) is 1. The maximum absolute atomic E-state index is 13.4. The van der Waals surface area contributed by atoms with E-state index in [1.165, 1.54) is 6.07 Å². The van der Waals surface area contributed by atoms with E-state index in [-0.39, 0.29) is 23.2 Å². The molecule has 0 aliphatic carbocycles. The Morgan fingerprint density at radius 2 is 2.05 bits per heavy atom. The number of hydrogen-bond donors (Lipinski definition) is 1. The molecule has 1 aromatic carbocycles. The molecule has 1 atom stereocenters. The number of allylic oxidation sites excluding steroid dienone is 1. The lowest BCUT2D eigenvalue weighted by molar-refractivity contribution is 0.163. The summed E-state index contributed by atoms with van der Waals surface area (Å²) in [6, 6.07) is 5.48. The first-order chi connectivity index (χ1) is 10.2. The van der Waals surface area contributed by atoms with E-state index < -0.39 is 0 Å². The maximum atomic E-state index is 13.4. The molecule has 124 valence electrons. The summed E-state index contributed by atoms with van der Waals surface area (Å²) in [4.78, 5) is 2.48. The maximum Gasteiger partial charge on any atom is 0.141 e. The summed E-state index contributed by atoms with van der Waals surface area (Å²) in [6.45, 7) is 7.85. The topological polar surface area (TPSA) is 15.3 Å². The van der Waals surface area contributed by atoms with Gasteiger partial charge in [-0.1, -0.05) is 30.2 Å². The van der Waals surface area contributed by atoms with E-state index in [0.717, 1.165) is 57.4 Å². The second-order valence-corrected chi connectivity index (χ2v) is 5.96. The summed E-state index contributed by atoms with van der Waals surface area (Å²) in [7, 11) is 0. The molecule has 0 aromatic heterocycles. The average molecular weight is 347 g/mol. The van der Waals surface area contributed by atoms with Crippen molar-refractivity contribution in [1.82, 2.24) is 10.2 Å². The lowest BCUT2D eigenvalue weighted by Gasteiger charge is -2.35. The molecule has 1 saturated heterocycles. The molecular weight excluding hydrogens is 322 g/mol. The van der Waals surface area contributed by atoms with Gasteiger partial charge in [0.25, 0.3) is 0 Å². The number of benzene rings is 1. The molecule has 0 amide bonds. The first-order valence-corrected chi connectivity index (χ1v) is 8.11. The zero-order valence-electron chi connectivity index (χ0n) is 12.9. The fourth-order valence-electron chi connectivity index (χ4n) is 2.90. The van der Waals surface area contributed by atoms with Crippen molar-refractivity contribution in [2.45, 2.75) is 31.7 Å². The van der Waals surface area contributed by atoms with E-state index >= 15 is 0 Å². The van der Waals surface area contributed by atoms with Crippen LogP contribution in [0.25, 0.3) is 0 Å². The van der Waals surface area contributed by atoms with Gasteiger partial charge in [-0.05, 0) is 37.0 Å². The number of piperazine rings is 1. The number of rotatable bonds is 7. The van der Waals surface area contributed by atoms with Crippen molar-refractivity contribution in [2.75, 3.05) is 26.2 Å². The van der Waals surface area contributed by atoms with Gasteiger partial charge in [0.15, 0.2) is 0 Å². The quantitative estimate of drug-likeness (QED) is 0.573. The Hall–Kier alpha value is -0.610. The Bertz CT molecular complexity index is 462. The SMILES string of the molecule is C=CCCCC[C@H](c1ccc(F)c(Cl)c1)N1CCNCC1.Cl. The molecule has 0 unspecified atom stereocenters. The van der Waals surface area contributed by atoms with Crippen molar-refractivity contribution in [3.8, 4) is 0 Å². The Morgan fingerprint density at radius 1 is 1.32 bits per heavy atom.